The maximum Gasteiger partial charge on any atom is 0.269 e. The third kappa shape index (κ3) is 4.20. The minimum Gasteiger partial charge on any atom is -0.369 e. The fraction of sp³-hybridized carbons (Fsp3) is 0.115. The molecular weight excluding hydrogens is 446 g/mol. The molecule has 0 saturated carbocycles. The van der Waals surface area contributed by atoms with Gasteiger partial charge >= 0.3 is 0 Å². The van der Waals surface area contributed by atoms with Crippen molar-refractivity contribution in [3.63, 3.8) is 0 Å². The van der Waals surface area contributed by atoms with Crippen LogP contribution in [0.25, 0.3) is 28.2 Å². The van der Waals surface area contributed by atoms with Gasteiger partial charge in [-0.1, -0.05) is 35.5 Å². The highest BCUT2D eigenvalue weighted by molar-refractivity contribution is 5.80. The van der Waals surface area contributed by atoms with Crippen LogP contribution in [0.15, 0.2) is 89.8 Å². The first-order valence-corrected chi connectivity index (χ1v) is 10.9. The summed E-state index contributed by atoms with van der Waals surface area (Å²) in [6.45, 7) is 1.84. The van der Waals surface area contributed by atoms with Gasteiger partial charge in [-0.15, -0.1) is 0 Å². The van der Waals surface area contributed by atoms with Crippen LogP contribution < -0.4 is 0 Å². The van der Waals surface area contributed by atoms with E-state index >= 15 is 0 Å². The van der Waals surface area contributed by atoms with Crippen molar-refractivity contribution in [1.29, 1.82) is 0 Å². The SMILES string of the molecule is COC(c1ccncc1)c1nc(-c2c(-c3ccccc3)noc2C)cn1-c1ccc([N+](=O)[O-])cc1. The minimum atomic E-state index is -0.512. The van der Waals surface area contributed by atoms with Crippen LogP contribution in [0, 0.1) is 17.0 Å². The molecule has 0 N–H and O–H groups in total. The van der Waals surface area contributed by atoms with Crippen LogP contribution in [0.3, 0.4) is 0 Å². The summed E-state index contributed by atoms with van der Waals surface area (Å²) in [5.41, 5.74) is 4.58. The number of aromatic nitrogens is 4. The van der Waals surface area contributed by atoms with Crippen molar-refractivity contribution in [2.45, 2.75) is 13.0 Å². The summed E-state index contributed by atoms with van der Waals surface area (Å²) in [6.07, 6.45) is 4.75. The number of nitro benzene ring substituents is 1. The average Bonchev–Trinajstić information content (AvgIpc) is 3.49. The van der Waals surface area contributed by atoms with E-state index in [9.17, 15) is 10.1 Å². The molecule has 9 heteroatoms. The number of benzene rings is 2. The van der Waals surface area contributed by atoms with Crippen LogP contribution in [0.1, 0.15) is 23.3 Å². The largest absolute Gasteiger partial charge is 0.369 e. The number of rotatable bonds is 7. The van der Waals surface area contributed by atoms with Gasteiger partial charge in [0.1, 0.15) is 23.4 Å². The molecule has 1 unspecified atom stereocenters. The molecule has 9 nitrogen and oxygen atoms in total. The maximum atomic E-state index is 11.2. The zero-order valence-corrected chi connectivity index (χ0v) is 19.0. The summed E-state index contributed by atoms with van der Waals surface area (Å²) < 4.78 is 13.3. The van der Waals surface area contributed by atoms with Crippen LogP contribution in [-0.2, 0) is 4.74 Å². The van der Waals surface area contributed by atoms with Gasteiger partial charge in [-0.3, -0.25) is 15.1 Å². The zero-order chi connectivity index (χ0) is 24.4. The summed E-state index contributed by atoms with van der Waals surface area (Å²) in [4.78, 5) is 19.8. The zero-order valence-electron chi connectivity index (χ0n) is 19.0. The van der Waals surface area contributed by atoms with E-state index in [1.54, 1.807) is 31.6 Å². The molecule has 0 aliphatic carbocycles. The van der Waals surface area contributed by atoms with E-state index in [0.717, 1.165) is 16.7 Å². The molecule has 3 heterocycles. The lowest BCUT2D eigenvalue weighted by Crippen LogP contribution is -2.11. The van der Waals surface area contributed by atoms with Gasteiger partial charge in [0.2, 0.25) is 0 Å². The molecule has 3 aromatic heterocycles. The molecule has 0 aliphatic rings. The summed E-state index contributed by atoms with van der Waals surface area (Å²) in [6, 6.07) is 19.8. The number of hydrogen-bond acceptors (Lipinski definition) is 7. The van der Waals surface area contributed by atoms with Gasteiger partial charge in [0.25, 0.3) is 5.69 Å². The molecule has 0 aliphatic heterocycles. The van der Waals surface area contributed by atoms with Crippen molar-refractivity contribution in [3.8, 4) is 28.2 Å². The Morgan fingerprint density at radius 3 is 2.40 bits per heavy atom. The predicted molar refractivity (Wildman–Crippen MR) is 129 cm³/mol. The Kier molecular flexibility index (Phi) is 5.90. The van der Waals surface area contributed by atoms with Crippen LogP contribution in [0.2, 0.25) is 0 Å². The second-order valence-corrected chi connectivity index (χ2v) is 7.85. The van der Waals surface area contributed by atoms with Crippen LogP contribution >= 0.6 is 0 Å². The molecule has 1 atom stereocenters. The molecule has 0 spiro atoms. The second kappa shape index (κ2) is 9.32. The number of non-ortho nitro benzene ring substituents is 1. The van der Waals surface area contributed by atoms with E-state index in [1.165, 1.54) is 12.1 Å². The summed E-state index contributed by atoms with van der Waals surface area (Å²) in [5.74, 6) is 1.23. The summed E-state index contributed by atoms with van der Waals surface area (Å²) in [5, 5.41) is 15.5. The van der Waals surface area contributed by atoms with Crippen molar-refractivity contribution < 1.29 is 14.2 Å². The molecule has 0 fully saturated rings. The number of aryl methyl sites for hydroxylation is 1. The van der Waals surface area contributed by atoms with E-state index in [2.05, 4.69) is 10.1 Å². The highest BCUT2D eigenvalue weighted by atomic mass is 16.6. The number of nitrogens with zero attached hydrogens (tertiary/aromatic N) is 5. The van der Waals surface area contributed by atoms with E-state index in [1.807, 2.05) is 60.2 Å². The van der Waals surface area contributed by atoms with Crippen LogP contribution in [0.4, 0.5) is 5.69 Å². The monoisotopic (exact) mass is 467 g/mol. The molecule has 0 amide bonds. The van der Waals surface area contributed by atoms with Crippen molar-refractivity contribution in [3.05, 3.63) is 113 Å². The van der Waals surface area contributed by atoms with Crippen LogP contribution in [0.5, 0.6) is 0 Å². The van der Waals surface area contributed by atoms with Crippen molar-refractivity contribution in [2.24, 2.45) is 0 Å². The van der Waals surface area contributed by atoms with Gasteiger partial charge in [0, 0.05) is 49.1 Å². The molecule has 0 bridgehead atoms. The first kappa shape index (κ1) is 22.2. The van der Waals surface area contributed by atoms with Crippen LogP contribution in [-0.4, -0.2) is 31.7 Å². The standard InChI is InChI=1S/C26H21N5O4/c1-17-23(24(29-35-17)18-6-4-3-5-7-18)22-16-30(20-8-10-21(11-9-20)31(32)33)26(28-22)25(34-2)19-12-14-27-15-13-19/h3-16,25H,1-2H3. The van der Waals surface area contributed by atoms with Gasteiger partial charge in [-0.05, 0) is 36.8 Å². The molecule has 5 aromatic rings. The first-order valence-electron chi connectivity index (χ1n) is 10.9. The summed E-state index contributed by atoms with van der Waals surface area (Å²) in [7, 11) is 1.61. The van der Waals surface area contributed by atoms with Gasteiger partial charge in [-0.2, -0.15) is 0 Å². The Morgan fingerprint density at radius 1 is 1.03 bits per heavy atom. The average molecular weight is 467 g/mol. The van der Waals surface area contributed by atoms with E-state index < -0.39 is 11.0 Å². The normalized spacial score (nSPS) is 11.9. The smallest absolute Gasteiger partial charge is 0.269 e. The molecule has 0 saturated heterocycles. The highest BCUT2D eigenvalue weighted by Gasteiger charge is 2.26. The van der Waals surface area contributed by atoms with E-state index in [0.29, 0.717) is 28.7 Å². The van der Waals surface area contributed by atoms with Gasteiger partial charge in [0.05, 0.1) is 16.2 Å². The van der Waals surface area contributed by atoms with E-state index in [4.69, 9.17) is 14.2 Å². The molecule has 2 aromatic carbocycles. The van der Waals surface area contributed by atoms with Gasteiger partial charge in [-0.25, -0.2) is 4.98 Å². The Labute approximate surface area is 200 Å². The Bertz CT molecular complexity index is 1460. The molecule has 35 heavy (non-hydrogen) atoms. The minimum absolute atomic E-state index is 0.00862. The number of nitro groups is 1. The summed E-state index contributed by atoms with van der Waals surface area (Å²) >= 11 is 0. The Hall–Kier alpha value is -4.63. The van der Waals surface area contributed by atoms with Crippen molar-refractivity contribution >= 4 is 5.69 Å². The molecule has 0 radical (unpaired) electrons. The number of pyridine rings is 1. The number of methoxy groups -OCH3 is 1. The third-order valence-corrected chi connectivity index (χ3v) is 5.72. The van der Waals surface area contributed by atoms with Gasteiger partial charge < -0.3 is 13.8 Å². The first-order chi connectivity index (χ1) is 17.1. The molecular formula is C26H21N5O4. The lowest BCUT2D eigenvalue weighted by molar-refractivity contribution is -0.384. The maximum absolute atomic E-state index is 11.2. The predicted octanol–water partition coefficient (Wildman–Crippen LogP) is 5.54. The van der Waals surface area contributed by atoms with E-state index in [-0.39, 0.29) is 5.69 Å². The Morgan fingerprint density at radius 2 is 1.74 bits per heavy atom. The number of hydrogen-bond donors (Lipinski definition) is 0. The number of ether oxygens (including phenoxy) is 1. The van der Waals surface area contributed by atoms with Gasteiger partial charge in [0.15, 0.2) is 0 Å². The number of imidazole rings is 1. The fourth-order valence-electron chi connectivity index (χ4n) is 4.04. The highest BCUT2D eigenvalue weighted by Crippen LogP contribution is 2.36. The quantitative estimate of drug-likeness (QED) is 0.228. The fourth-order valence-corrected chi connectivity index (χ4v) is 4.04. The second-order valence-electron chi connectivity index (χ2n) is 7.85. The van der Waals surface area contributed by atoms with Crippen molar-refractivity contribution in [1.82, 2.24) is 19.7 Å². The van der Waals surface area contributed by atoms with Crippen molar-refractivity contribution in [2.75, 3.05) is 7.11 Å². The molecule has 174 valence electrons. The Balaban J connectivity index is 1.70. The molecule has 5 rings (SSSR count). The lowest BCUT2D eigenvalue weighted by atomic mass is 10.0. The lowest BCUT2D eigenvalue weighted by Gasteiger charge is -2.17. The topological polar surface area (TPSA) is 109 Å². The third-order valence-electron chi connectivity index (χ3n) is 5.72.